The molecule has 3 heterocycles. The maximum Gasteiger partial charge on any atom is 0.349 e. The van der Waals surface area contributed by atoms with E-state index in [9.17, 15) is 14.4 Å². The molecule has 1 N–H and O–H groups in total. The number of rotatable bonds is 7. The summed E-state index contributed by atoms with van der Waals surface area (Å²) in [5.74, 6) is -0.635. The SMILES string of the molecule is COC(=O)CCCCCNC(=O)c1cc2cc3c4c(c2oc1=O)CCCN4CCC3. The molecule has 0 radical (unpaired) electrons. The number of unbranched alkanes of at least 4 members (excludes halogenated alkanes) is 2. The minimum absolute atomic E-state index is 0.0488. The summed E-state index contributed by atoms with van der Waals surface area (Å²) in [4.78, 5) is 38.6. The van der Waals surface area contributed by atoms with Gasteiger partial charge in [-0.05, 0) is 56.2 Å². The van der Waals surface area contributed by atoms with Gasteiger partial charge in [-0.2, -0.15) is 0 Å². The molecule has 0 saturated heterocycles. The quantitative estimate of drug-likeness (QED) is 0.427. The van der Waals surface area contributed by atoms with Crippen LogP contribution in [0.5, 0.6) is 0 Å². The van der Waals surface area contributed by atoms with Crippen LogP contribution in [0.4, 0.5) is 5.69 Å². The minimum Gasteiger partial charge on any atom is -0.469 e. The largest absolute Gasteiger partial charge is 0.469 e. The number of nitrogens with one attached hydrogen (secondary N) is 1. The predicted octanol–water partition coefficient (Wildman–Crippen LogP) is 2.96. The van der Waals surface area contributed by atoms with Crippen molar-refractivity contribution in [3.05, 3.63) is 39.2 Å². The second-order valence-corrected chi connectivity index (χ2v) is 8.07. The van der Waals surface area contributed by atoms with E-state index >= 15 is 0 Å². The number of benzene rings is 1. The third-order valence-corrected chi connectivity index (χ3v) is 6.03. The fourth-order valence-electron chi connectivity index (χ4n) is 4.57. The van der Waals surface area contributed by atoms with Crippen molar-refractivity contribution in [1.29, 1.82) is 0 Å². The van der Waals surface area contributed by atoms with Gasteiger partial charge in [-0.25, -0.2) is 4.79 Å². The molecule has 0 spiro atoms. The number of ether oxygens (including phenoxy) is 1. The van der Waals surface area contributed by atoms with Gasteiger partial charge in [0.25, 0.3) is 5.91 Å². The fraction of sp³-hybridized carbons (Fsp3) is 0.522. The monoisotopic (exact) mass is 412 g/mol. The first-order chi connectivity index (χ1) is 14.6. The van der Waals surface area contributed by atoms with Crippen LogP contribution in [0, 0.1) is 0 Å². The van der Waals surface area contributed by atoms with Gasteiger partial charge in [0.05, 0.1) is 7.11 Å². The smallest absolute Gasteiger partial charge is 0.349 e. The van der Waals surface area contributed by atoms with Crippen LogP contribution in [0.15, 0.2) is 21.3 Å². The third-order valence-electron chi connectivity index (χ3n) is 6.03. The van der Waals surface area contributed by atoms with E-state index in [1.165, 1.54) is 18.4 Å². The van der Waals surface area contributed by atoms with E-state index in [0.717, 1.165) is 62.6 Å². The van der Waals surface area contributed by atoms with Crippen molar-refractivity contribution in [2.24, 2.45) is 0 Å². The van der Waals surface area contributed by atoms with Crippen LogP contribution >= 0.6 is 0 Å². The number of carbonyl (C=O) groups is 2. The maximum atomic E-state index is 12.6. The molecule has 0 saturated carbocycles. The normalized spacial score (nSPS) is 15.0. The molecule has 4 rings (SSSR count). The predicted molar refractivity (Wildman–Crippen MR) is 114 cm³/mol. The summed E-state index contributed by atoms with van der Waals surface area (Å²) in [6.07, 6.45) is 6.71. The summed E-state index contributed by atoms with van der Waals surface area (Å²) >= 11 is 0. The van der Waals surface area contributed by atoms with Crippen LogP contribution < -0.4 is 15.8 Å². The number of methoxy groups -OCH3 is 1. The molecule has 0 atom stereocenters. The summed E-state index contributed by atoms with van der Waals surface area (Å²) in [7, 11) is 1.37. The highest BCUT2D eigenvalue weighted by Gasteiger charge is 2.27. The number of carbonyl (C=O) groups excluding carboxylic acids is 2. The van der Waals surface area contributed by atoms with E-state index in [1.807, 2.05) is 0 Å². The minimum atomic E-state index is -0.588. The van der Waals surface area contributed by atoms with Crippen LogP contribution in [0.1, 0.15) is 60.0 Å². The standard InChI is InChI=1S/C23H28N2O5/c1-29-19(26)9-3-2-4-10-24-22(27)18-14-16-13-15-7-5-11-25-12-6-8-17(20(15)25)21(16)30-23(18)28/h13-14H,2-12H2,1H3,(H,24,27). The number of fused-ring (bicyclic) bond motifs is 2. The molecular weight excluding hydrogens is 384 g/mol. The number of hydrogen-bond acceptors (Lipinski definition) is 6. The van der Waals surface area contributed by atoms with Gasteiger partial charge in [-0.15, -0.1) is 0 Å². The highest BCUT2D eigenvalue weighted by Crippen LogP contribution is 2.39. The first-order valence-corrected chi connectivity index (χ1v) is 10.8. The average Bonchev–Trinajstić information content (AvgIpc) is 2.76. The molecule has 7 nitrogen and oxygen atoms in total. The molecule has 1 aromatic heterocycles. The first kappa shape index (κ1) is 20.4. The molecule has 1 amide bonds. The summed E-state index contributed by atoms with van der Waals surface area (Å²) in [5, 5.41) is 3.62. The zero-order chi connectivity index (χ0) is 21.1. The van der Waals surface area contributed by atoms with Crippen molar-refractivity contribution >= 4 is 28.5 Å². The number of esters is 1. The van der Waals surface area contributed by atoms with Gasteiger partial charge in [-0.3, -0.25) is 9.59 Å². The lowest BCUT2D eigenvalue weighted by Gasteiger charge is -2.37. The van der Waals surface area contributed by atoms with Crippen LogP contribution in [-0.2, 0) is 22.4 Å². The van der Waals surface area contributed by atoms with Gasteiger partial charge in [0.2, 0.25) is 0 Å². The van der Waals surface area contributed by atoms with E-state index in [1.54, 1.807) is 6.07 Å². The number of nitrogens with zero attached hydrogens (tertiary/aromatic N) is 1. The van der Waals surface area contributed by atoms with Crippen molar-refractivity contribution < 1.29 is 18.7 Å². The Morgan fingerprint density at radius 1 is 1.13 bits per heavy atom. The number of aryl methyl sites for hydroxylation is 2. The van der Waals surface area contributed by atoms with Gasteiger partial charge >= 0.3 is 11.6 Å². The molecular formula is C23H28N2O5. The second-order valence-electron chi connectivity index (χ2n) is 8.07. The Labute approximate surface area is 175 Å². The van der Waals surface area contributed by atoms with Crippen molar-refractivity contribution in [2.75, 3.05) is 31.6 Å². The van der Waals surface area contributed by atoms with Crippen LogP contribution in [0.25, 0.3) is 11.0 Å². The fourth-order valence-corrected chi connectivity index (χ4v) is 4.57. The molecule has 160 valence electrons. The Morgan fingerprint density at radius 3 is 2.73 bits per heavy atom. The van der Waals surface area contributed by atoms with Crippen LogP contribution in [-0.4, -0.2) is 38.6 Å². The Balaban J connectivity index is 1.48. The maximum absolute atomic E-state index is 12.6. The number of hydrogen-bond donors (Lipinski definition) is 1. The van der Waals surface area contributed by atoms with Crippen molar-refractivity contribution in [3.63, 3.8) is 0 Å². The van der Waals surface area contributed by atoms with E-state index in [4.69, 9.17) is 4.42 Å². The lowest BCUT2D eigenvalue weighted by molar-refractivity contribution is -0.140. The molecule has 0 aliphatic carbocycles. The van der Waals surface area contributed by atoms with Gasteiger partial charge in [0.1, 0.15) is 11.1 Å². The van der Waals surface area contributed by atoms with Crippen LogP contribution in [0.3, 0.4) is 0 Å². The average molecular weight is 412 g/mol. The highest BCUT2D eigenvalue weighted by molar-refractivity contribution is 5.98. The Morgan fingerprint density at radius 2 is 1.93 bits per heavy atom. The third kappa shape index (κ3) is 4.06. The molecule has 0 fully saturated rings. The summed E-state index contributed by atoms with van der Waals surface area (Å²) in [6.45, 7) is 2.55. The lowest BCUT2D eigenvalue weighted by atomic mass is 9.90. The first-order valence-electron chi connectivity index (χ1n) is 10.8. The van der Waals surface area contributed by atoms with Crippen LogP contribution in [0.2, 0.25) is 0 Å². The Bertz CT molecular complexity index is 1020. The zero-order valence-electron chi connectivity index (χ0n) is 17.4. The van der Waals surface area contributed by atoms with Gasteiger partial charge < -0.3 is 19.4 Å². The van der Waals surface area contributed by atoms with E-state index < -0.39 is 11.5 Å². The molecule has 2 aliphatic heterocycles. The van der Waals surface area contributed by atoms with Gasteiger partial charge in [-0.1, -0.05) is 6.42 Å². The summed E-state index contributed by atoms with van der Waals surface area (Å²) < 4.78 is 10.3. The number of amides is 1. The molecule has 2 aromatic rings. The second kappa shape index (κ2) is 8.90. The summed E-state index contributed by atoms with van der Waals surface area (Å²) in [5.41, 5.74) is 3.73. The molecule has 0 unspecified atom stereocenters. The Hall–Kier alpha value is -2.83. The molecule has 1 aromatic carbocycles. The molecule has 7 heteroatoms. The van der Waals surface area contributed by atoms with E-state index in [0.29, 0.717) is 25.0 Å². The van der Waals surface area contributed by atoms with Crippen molar-refractivity contribution in [2.45, 2.75) is 51.4 Å². The van der Waals surface area contributed by atoms with E-state index in [2.05, 4.69) is 21.0 Å². The molecule has 30 heavy (non-hydrogen) atoms. The van der Waals surface area contributed by atoms with Gasteiger partial charge in [0.15, 0.2) is 0 Å². The van der Waals surface area contributed by atoms with Crippen molar-refractivity contribution in [1.82, 2.24) is 5.32 Å². The lowest BCUT2D eigenvalue weighted by Crippen LogP contribution is -2.34. The number of anilines is 1. The highest BCUT2D eigenvalue weighted by atomic mass is 16.5. The zero-order valence-corrected chi connectivity index (χ0v) is 17.4. The van der Waals surface area contributed by atoms with Crippen molar-refractivity contribution in [3.8, 4) is 0 Å². The van der Waals surface area contributed by atoms with E-state index in [-0.39, 0.29) is 11.5 Å². The molecule has 2 aliphatic rings. The molecule has 0 bridgehead atoms. The topological polar surface area (TPSA) is 88.8 Å². The van der Waals surface area contributed by atoms with Gasteiger partial charge in [0, 0.05) is 42.7 Å². The Kier molecular flexibility index (Phi) is 6.06. The summed E-state index contributed by atoms with van der Waals surface area (Å²) in [6, 6.07) is 3.76.